The molecule has 2 heteroatoms. The van der Waals surface area contributed by atoms with Crippen LogP contribution in [0.2, 0.25) is 0 Å². The summed E-state index contributed by atoms with van der Waals surface area (Å²) < 4.78 is 0. The van der Waals surface area contributed by atoms with Crippen LogP contribution in [0.3, 0.4) is 0 Å². The molecule has 0 unspecified atom stereocenters. The zero-order valence-corrected chi connectivity index (χ0v) is 10.5. The van der Waals surface area contributed by atoms with Gasteiger partial charge in [0.2, 0.25) is 0 Å². The standard InChI is InChI=1S/C13H28N2/c1-12(2)15(11-7-10-14)13-8-5-3-4-6-9-13/h12-13H,3-11,14H2,1-2H3. The molecule has 0 bridgehead atoms. The summed E-state index contributed by atoms with van der Waals surface area (Å²) >= 11 is 0. The summed E-state index contributed by atoms with van der Waals surface area (Å²) in [6, 6.07) is 1.51. The maximum atomic E-state index is 5.61. The van der Waals surface area contributed by atoms with Crippen molar-refractivity contribution >= 4 is 0 Å². The average molecular weight is 212 g/mol. The molecule has 0 amide bonds. The monoisotopic (exact) mass is 212 g/mol. The highest BCUT2D eigenvalue weighted by atomic mass is 15.2. The van der Waals surface area contributed by atoms with Gasteiger partial charge in [-0.15, -0.1) is 0 Å². The third kappa shape index (κ3) is 4.52. The van der Waals surface area contributed by atoms with Crippen molar-refractivity contribution in [1.82, 2.24) is 4.90 Å². The molecule has 0 radical (unpaired) electrons. The van der Waals surface area contributed by atoms with E-state index in [1.807, 2.05) is 0 Å². The predicted octanol–water partition coefficient (Wildman–Crippen LogP) is 2.77. The van der Waals surface area contributed by atoms with Crippen LogP contribution in [-0.2, 0) is 0 Å². The minimum absolute atomic E-state index is 0.680. The van der Waals surface area contributed by atoms with E-state index >= 15 is 0 Å². The molecule has 0 atom stereocenters. The second kappa shape index (κ2) is 7.24. The summed E-state index contributed by atoms with van der Waals surface area (Å²) in [5.74, 6) is 0. The first-order chi connectivity index (χ1) is 7.25. The van der Waals surface area contributed by atoms with Crippen LogP contribution < -0.4 is 5.73 Å². The van der Waals surface area contributed by atoms with Crippen molar-refractivity contribution in [2.24, 2.45) is 5.73 Å². The van der Waals surface area contributed by atoms with Gasteiger partial charge in [0.1, 0.15) is 0 Å². The Morgan fingerprint density at radius 2 is 1.73 bits per heavy atom. The molecule has 0 heterocycles. The van der Waals surface area contributed by atoms with Crippen LogP contribution in [0, 0.1) is 0 Å². The summed E-state index contributed by atoms with van der Waals surface area (Å²) in [5, 5.41) is 0. The molecule has 1 saturated carbocycles. The van der Waals surface area contributed by atoms with Gasteiger partial charge in [0, 0.05) is 12.1 Å². The maximum absolute atomic E-state index is 5.61. The third-order valence-corrected chi connectivity index (χ3v) is 3.58. The minimum atomic E-state index is 0.680. The van der Waals surface area contributed by atoms with E-state index in [-0.39, 0.29) is 0 Å². The molecule has 15 heavy (non-hydrogen) atoms. The zero-order chi connectivity index (χ0) is 11.1. The van der Waals surface area contributed by atoms with Gasteiger partial charge in [-0.3, -0.25) is 4.90 Å². The van der Waals surface area contributed by atoms with Gasteiger partial charge in [-0.05, 0) is 46.2 Å². The van der Waals surface area contributed by atoms with Gasteiger partial charge in [0.15, 0.2) is 0 Å². The quantitative estimate of drug-likeness (QED) is 0.710. The first-order valence-corrected chi connectivity index (χ1v) is 6.71. The van der Waals surface area contributed by atoms with Gasteiger partial charge in [0.25, 0.3) is 0 Å². The van der Waals surface area contributed by atoms with E-state index in [4.69, 9.17) is 5.73 Å². The summed E-state index contributed by atoms with van der Waals surface area (Å²) in [6.07, 6.45) is 9.70. The van der Waals surface area contributed by atoms with Gasteiger partial charge in [-0.2, -0.15) is 0 Å². The SMILES string of the molecule is CC(C)N(CCCN)C1CCCCCC1. The normalized spacial score (nSPS) is 19.8. The minimum Gasteiger partial charge on any atom is -0.330 e. The summed E-state index contributed by atoms with van der Waals surface area (Å²) in [4.78, 5) is 2.68. The van der Waals surface area contributed by atoms with E-state index in [0.29, 0.717) is 6.04 Å². The molecular formula is C13H28N2. The van der Waals surface area contributed by atoms with Gasteiger partial charge in [-0.25, -0.2) is 0 Å². The number of nitrogens with zero attached hydrogens (tertiary/aromatic N) is 1. The highest BCUT2D eigenvalue weighted by molar-refractivity contribution is 4.77. The van der Waals surface area contributed by atoms with Crippen molar-refractivity contribution < 1.29 is 0 Å². The fourth-order valence-corrected chi connectivity index (χ4v) is 2.73. The van der Waals surface area contributed by atoms with Crippen LogP contribution in [0.25, 0.3) is 0 Å². The molecule has 0 aromatic rings. The van der Waals surface area contributed by atoms with E-state index < -0.39 is 0 Å². The van der Waals surface area contributed by atoms with E-state index in [9.17, 15) is 0 Å². The molecular weight excluding hydrogens is 184 g/mol. The van der Waals surface area contributed by atoms with Gasteiger partial charge in [0.05, 0.1) is 0 Å². The molecule has 0 aromatic heterocycles. The molecule has 1 rings (SSSR count). The third-order valence-electron chi connectivity index (χ3n) is 3.58. The van der Waals surface area contributed by atoms with Gasteiger partial charge in [-0.1, -0.05) is 25.7 Å². The van der Waals surface area contributed by atoms with Crippen molar-refractivity contribution in [3.05, 3.63) is 0 Å². The Kier molecular flexibility index (Phi) is 6.26. The molecule has 1 aliphatic carbocycles. The van der Waals surface area contributed by atoms with E-state index in [1.54, 1.807) is 0 Å². The van der Waals surface area contributed by atoms with Crippen LogP contribution in [-0.4, -0.2) is 30.1 Å². The first kappa shape index (κ1) is 13.0. The Morgan fingerprint density at radius 1 is 1.13 bits per heavy atom. The van der Waals surface area contributed by atoms with Crippen molar-refractivity contribution in [3.63, 3.8) is 0 Å². The molecule has 2 nitrogen and oxygen atoms in total. The highest BCUT2D eigenvalue weighted by Gasteiger charge is 2.21. The van der Waals surface area contributed by atoms with Crippen LogP contribution in [0.5, 0.6) is 0 Å². The number of rotatable bonds is 5. The highest BCUT2D eigenvalue weighted by Crippen LogP contribution is 2.23. The predicted molar refractivity (Wildman–Crippen MR) is 67.0 cm³/mol. The lowest BCUT2D eigenvalue weighted by molar-refractivity contribution is 0.138. The molecule has 0 aromatic carbocycles. The van der Waals surface area contributed by atoms with Crippen LogP contribution in [0.1, 0.15) is 58.8 Å². The Bertz CT molecular complexity index is 149. The number of nitrogens with two attached hydrogens (primary N) is 1. The fraction of sp³-hybridized carbons (Fsp3) is 1.00. The molecule has 1 aliphatic rings. The Balaban J connectivity index is 2.44. The smallest absolute Gasteiger partial charge is 0.00979 e. The van der Waals surface area contributed by atoms with Crippen molar-refractivity contribution in [1.29, 1.82) is 0 Å². The summed E-state index contributed by atoms with van der Waals surface area (Å²) in [7, 11) is 0. The topological polar surface area (TPSA) is 29.3 Å². The van der Waals surface area contributed by atoms with Crippen molar-refractivity contribution in [3.8, 4) is 0 Å². The summed E-state index contributed by atoms with van der Waals surface area (Å²) in [5.41, 5.74) is 5.61. The van der Waals surface area contributed by atoms with Gasteiger partial charge >= 0.3 is 0 Å². The Labute approximate surface area is 95.2 Å². The zero-order valence-electron chi connectivity index (χ0n) is 10.5. The van der Waals surface area contributed by atoms with Crippen LogP contribution in [0.4, 0.5) is 0 Å². The molecule has 0 spiro atoms. The van der Waals surface area contributed by atoms with Crippen molar-refractivity contribution in [2.75, 3.05) is 13.1 Å². The van der Waals surface area contributed by atoms with E-state index in [1.165, 1.54) is 45.1 Å². The molecule has 1 fully saturated rings. The molecule has 0 aliphatic heterocycles. The lowest BCUT2D eigenvalue weighted by atomic mass is 10.0. The first-order valence-electron chi connectivity index (χ1n) is 6.71. The molecule has 0 saturated heterocycles. The Hall–Kier alpha value is -0.0800. The van der Waals surface area contributed by atoms with Crippen LogP contribution in [0.15, 0.2) is 0 Å². The lowest BCUT2D eigenvalue weighted by Gasteiger charge is -2.34. The van der Waals surface area contributed by atoms with Gasteiger partial charge < -0.3 is 5.73 Å². The fourth-order valence-electron chi connectivity index (χ4n) is 2.73. The van der Waals surface area contributed by atoms with E-state index in [2.05, 4.69) is 18.7 Å². The lowest BCUT2D eigenvalue weighted by Crippen LogP contribution is -2.41. The number of hydrogen-bond donors (Lipinski definition) is 1. The average Bonchev–Trinajstić information content (AvgIpc) is 2.47. The second-order valence-corrected chi connectivity index (χ2v) is 5.12. The van der Waals surface area contributed by atoms with Crippen LogP contribution >= 0.6 is 0 Å². The molecule has 2 N–H and O–H groups in total. The van der Waals surface area contributed by atoms with E-state index in [0.717, 1.165) is 19.0 Å². The van der Waals surface area contributed by atoms with Crippen molar-refractivity contribution in [2.45, 2.75) is 70.9 Å². The summed E-state index contributed by atoms with van der Waals surface area (Å²) in [6.45, 7) is 6.66. The number of hydrogen-bond acceptors (Lipinski definition) is 2. The maximum Gasteiger partial charge on any atom is 0.00979 e. The second-order valence-electron chi connectivity index (χ2n) is 5.12. The molecule has 90 valence electrons. The largest absolute Gasteiger partial charge is 0.330 e. The Morgan fingerprint density at radius 3 is 2.20 bits per heavy atom.